The summed E-state index contributed by atoms with van der Waals surface area (Å²) in [7, 11) is 1.66. The number of amides is 2. The highest BCUT2D eigenvalue weighted by atomic mass is 16.4. The average Bonchev–Trinajstić information content (AvgIpc) is 2.82. The largest absolute Gasteiger partial charge is 0.481 e. The molecule has 6 heteroatoms. The molecule has 2 rings (SSSR count). The summed E-state index contributed by atoms with van der Waals surface area (Å²) in [5.41, 5.74) is 0. The normalized spacial score (nSPS) is 27.7. The molecule has 114 valence electrons. The van der Waals surface area contributed by atoms with Crippen LogP contribution in [0.3, 0.4) is 0 Å². The van der Waals surface area contributed by atoms with E-state index in [2.05, 4.69) is 10.2 Å². The maximum absolute atomic E-state index is 12.1. The van der Waals surface area contributed by atoms with Crippen LogP contribution in [0.4, 0.5) is 4.79 Å². The van der Waals surface area contributed by atoms with Crippen LogP contribution < -0.4 is 5.32 Å². The highest BCUT2D eigenvalue weighted by Crippen LogP contribution is 2.27. The quantitative estimate of drug-likeness (QED) is 0.806. The SMILES string of the molecule is CC(CN(C)C(=O)NC1CCN2CCCCC12)C(=O)O. The van der Waals surface area contributed by atoms with E-state index < -0.39 is 11.9 Å². The molecule has 2 saturated heterocycles. The lowest BCUT2D eigenvalue weighted by molar-refractivity contribution is -0.141. The van der Waals surface area contributed by atoms with Gasteiger partial charge in [0, 0.05) is 32.2 Å². The zero-order valence-electron chi connectivity index (χ0n) is 12.3. The number of piperidine rings is 1. The second kappa shape index (κ2) is 6.43. The van der Waals surface area contributed by atoms with Gasteiger partial charge in [-0.2, -0.15) is 0 Å². The fourth-order valence-electron chi connectivity index (χ4n) is 3.26. The van der Waals surface area contributed by atoms with Crippen molar-refractivity contribution in [1.82, 2.24) is 15.1 Å². The van der Waals surface area contributed by atoms with Crippen LogP contribution in [0.15, 0.2) is 0 Å². The summed E-state index contributed by atoms with van der Waals surface area (Å²) < 4.78 is 0. The maximum atomic E-state index is 12.1. The number of hydrogen-bond acceptors (Lipinski definition) is 3. The number of nitrogens with zero attached hydrogens (tertiary/aromatic N) is 2. The van der Waals surface area contributed by atoms with Crippen molar-refractivity contribution >= 4 is 12.0 Å². The van der Waals surface area contributed by atoms with Crippen LogP contribution in [0.2, 0.25) is 0 Å². The first-order chi connectivity index (χ1) is 9.49. The lowest BCUT2D eigenvalue weighted by Crippen LogP contribution is -2.50. The number of urea groups is 1. The van der Waals surface area contributed by atoms with E-state index >= 15 is 0 Å². The molecule has 0 aromatic heterocycles. The van der Waals surface area contributed by atoms with Crippen molar-refractivity contribution in [2.45, 2.75) is 44.7 Å². The molecule has 0 spiro atoms. The fraction of sp³-hybridized carbons (Fsp3) is 0.857. The highest BCUT2D eigenvalue weighted by molar-refractivity contribution is 5.76. The Balaban J connectivity index is 1.83. The summed E-state index contributed by atoms with van der Waals surface area (Å²) in [5.74, 6) is -1.41. The van der Waals surface area contributed by atoms with Crippen LogP contribution in [0, 0.1) is 5.92 Å². The molecule has 0 aliphatic carbocycles. The fourth-order valence-corrected chi connectivity index (χ4v) is 3.26. The van der Waals surface area contributed by atoms with Crippen LogP contribution in [0.25, 0.3) is 0 Å². The summed E-state index contributed by atoms with van der Waals surface area (Å²) in [6.07, 6.45) is 4.64. The molecule has 2 aliphatic rings. The summed E-state index contributed by atoms with van der Waals surface area (Å²) in [5, 5.41) is 12.0. The predicted molar refractivity (Wildman–Crippen MR) is 75.6 cm³/mol. The lowest BCUT2D eigenvalue weighted by atomic mass is 9.99. The van der Waals surface area contributed by atoms with Gasteiger partial charge in [0.2, 0.25) is 0 Å². The molecule has 0 aromatic carbocycles. The Morgan fingerprint density at radius 1 is 1.35 bits per heavy atom. The summed E-state index contributed by atoms with van der Waals surface area (Å²) in [6, 6.07) is 0.527. The summed E-state index contributed by atoms with van der Waals surface area (Å²) >= 11 is 0. The molecule has 0 bridgehead atoms. The average molecular weight is 283 g/mol. The van der Waals surface area contributed by atoms with Gasteiger partial charge in [0.15, 0.2) is 0 Å². The molecule has 3 unspecified atom stereocenters. The number of rotatable bonds is 4. The Morgan fingerprint density at radius 2 is 2.10 bits per heavy atom. The molecule has 20 heavy (non-hydrogen) atoms. The van der Waals surface area contributed by atoms with Gasteiger partial charge in [-0.05, 0) is 25.8 Å². The van der Waals surface area contributed by atoms with Crippen molar-refractivity contribution in [3.63, 3.8) is 0 Å². The van der Waals surface area contributed by atoms with Gasteiger partial charge < -0.3 is 15.3 Å². The second-order valence-electron chi connectivity index (χ2n) is 6.06. The van der Waals surface area contributed by atoms with Gasteiger partial charge >= 0.3 is 12.0 Å². The predicted octanol–water partition coefficient (Wildman–Crippen LogP) is 0.975. The van der Waals surface area contributed by atoms with Gasteiger partial charge in [0.1, 0.15) is 0 Å². The Hall–Kier alpha value is -1.30. The number of carbonyl (C=O) groups excluding carboxylic acids is 1. The molecule has 2 heterocycles. The van der Waals surface area contributed by atoms with Crippen molar-refractivity contribution in [3.05, 3.63) is 0 Å². The topological polar surface area (TPSA) is 72.9 Å². The van der Waals surface area contributed by atoms with Crippen LogP contribution >= 0.6 is 0 Å². The van der Waals surface area contributed by atoms with E-state index in [-0.39, 0.29) is 18.6 Å². The first-order valence-corrected chi connectivity index (χ1v) is 7.47. The third-order valence-electron chi connectivity index (χ3n) is 4.48. The third kappa shape index (κ3) is 3.42. The van der Waals surface area contributed by atoms with Crippen molar-refractivity contribution < 1.29 is 14.7 Å². The van der Waals surface area contributed by atoms with Gasteiger partial charge in [-0.15, -0.1) is 0 Å². The third-order valence-corrected chi connectivity index (χ3v) is 4.48. The van der Waals surface area contributed by atoms with E-state index in [0.29, 0.717) is 6.04 Å². The molecule has 0 aromatic rings. The van der Waals surface area contributed by atoms with Crippen LogP contribution in [-0.2, 0) is 4.79 Å². The molecular weight excluding hydrogens is 258 g/mol. The Labute approximate surface area is 120 Å². The van der Waals surface area contributed by atoms with Crippen molar-refractivity contribution in [2.24, 2.45) is 5.92 Å². The van der Waals surface area contributed by atoms with Gasteiger partial charge in [0.05, 0.1) is 5.92 Å². The van der Waals surface area contributed by atoms with E-state index in [0.717, 1.165) is 25.9 Å². The minimum Gasteiger partial charge on any atom is -0.481 e. The Kier molecular flexibility index (Phi) is 4.86. The Morgan fingerprint density at radius 3 is 2.80 bits per heavy atom. The number of carbonyl (C=O) groups is 2. The smallest absolute Gasteiger partial charge is 0.317 e. The number of carboxylic acids is 1. The molecule has 2 amide bonds. The lowest BCUT2D eigenvalue weighted by Gasteiger charge is -2.33. The molecule has 6 nitrogen and oxygen atoms in total. The molecular formula is C14H25N3O3. The van der Waals surface area contributed by atoms with E-state index in [4.69, 9.17) is 5.11 Å². The van der Waals surface area contributed by atoms with Crippen molar-refractivity contribution in [3.8, 4) is 0 Å². The molecule has 0 radical (unpaired) electrons. The standard InChI is InChI=1S/C14H25N3O3/c1-10(13(18)19)9-16(2)14(20)15-11-6-8-17-7-4-3-5-12(11)17/h10-12H,3-9H2,1-2H3,(H,15,20)(H,18,19). The highest BCUT2D eigenvalue weighted by Gasteiger charge is 2.36. The number of fused-ring (bicyclic) bond motifs is 1. The zero-order chi connectivity index (χ0) is 14.7. The molecule has 2 fully saturated rings. The van der Waals surface area contributed by atoms with Crippen molar-refractivity contribution in [2.75, 3.05) is 26.7 Å². The zero-order valence-corrected chi connectivity index (χ0v) is 12.3. The van der Waals surface area contributed by atoms with Crippen LogP contribution in [-0.4, -0.2) is 65.7 Å². The van der Waals surface area contributed by atoms with E-state index in [1.54, 1.807) is 14.0 Å². The molecule has 2 N–H and O–H groups in total. The monoisotopic (exact) mass is 283 g/mol. The molecule has 0 saturated carbocycles. The molecule has 2 aliphatic heterocycles. The first-order valence-electron chi connectivity index (χ1n) is 7.47. The molecule has 3 atom stereocenters. The number of aliphatic carboxylic acids is 1. The maximum Gasteiger partial charge on any atom is 0.317 e. The summed E-state index contributed by atoms with van der Waals surface area (Å²) in [6.45, 7) is 4.06. The van der Waals surface area contributed by atoms with E-state index in [1.165, 1.54) is 17.7 Å². The van der Waals surface area contributed by atoms with Crippen LogP contribution in [0.5, 0.6) is 0 Å². The first kappa shape index (κ1) is 15.1. The minimum absolute atomic E-state index is 0.157. The van der Waals surface area contributed by atoms with Gasteiger partial charge in [-0.3, -0.25) is 9.69 Å². The number of carboxylic acid groups (broad SMARTS) is 1. The summed E-state index contributed by atoms with van der Waals surface area (Å²) in [4.78, 5) is 26.9. The number of hydrogen-bond donors (Lipinski definition) is 2. The van der Waals surface area contributed by atoms with Gasteiger partial charge in [-0.1, -0.05) is 13.3 Å². The van der Waals surface area contributed by atoms with Gasteiger partial charge in [0.25, 0.3) is 0 Å². The second-order valence-corrected chi connectivity index (χ2v) is 6.06. The van der Waals surface area contributed by atoms with E-state index in [1.807, 2.05) is 0 Å². The minimum atomic E-state index is -0.871. The van der Waals surface area contributed by atoms with E-state index in [9.17, 15) is 9.59 Å². The van der Waals surface area contributed by atoms with Crippen LogP contribution in [0.1, 0.15) is 32.6 Å². The van der Waals surface area contributed by atoms with Crippen molar-refractivity contribution in [1.29, 1.82) is 0 Å². The number of nitrogens with one attached hydrogen (secondary N) is 1. The van der Waals surface area contributed by atoms with Gasteiger partial charge in [-0.25, -0.2) is 4.79 Å². The Bertz CT molecular complexity index is 375.